The molecule has 2 N–H and O–H groups in total. The van der Waals surface area contributed by atoms with E-state index in [1.165, 1.54) is 11.3 Å². The molecule has 3 rings (SSSR count). The maximum atomic E-state index is 12.6. The van der Waals surface area contributed by atoms with Crippen LogP contribution in [-0.4, -0.2) is 40.2 Å². The fourth-order valence-electron chi connectivity index (χ4n) is 2.43. The number of aromatic nitrogens is 2. The Balaban J connectivity index is 0.00000208. The lowest BCUT2D eigenvalue weighted by atomic mass is 10.2. The highest BCUT2D eigenvalue weighted by molar-refractivity contribution is 7.20. The van der Waals surface area contributed by atoms with Gasteiger partial charge in [-0.15, -0.1) is 23.7 Å². The summed E-state index contributed by atoms with van der Waals surface area (Å²) in [6, 6.07) is 11.9. The number of likely N-dealkylation sites (N-methyl/N-ethyl adjacent to an activating group) is 1. The molecule has 7 heteroatoms. The van der Waals surface area contributed by atoms with Crippen LogP contribution in [0.1, 0.15) is 22.3 Å². The van der Waals surface area contributed by atoms with Crippen LogP contribution in [0, 0.1) is 6.92 Å². The van der Waals surface area contributed by atoms with Crippen molar-refractivity contribution < 1.29 is 4.79 Å². The summed E-state index contributed by atoms with van der Waals surface area (Å²) in [5, 5.41) is 5.62. The van der Waals surface area contributed by atoms with Crippen LogP contribution in [0.25, 0.3) is 15.9 Å². The number of rotatable bonds is 4. The van der Waals surface area contributed by atoms with Gasteiger partial charge in [-0.1, -0.05) is 18.2 Å². The molecule has 0 radical (unpaired) electrons. The minimum Gasteiger partial charge on any atom is -0.337 e. The van der Waals surface area contributed by atoms with Gasteiger partial charge in [-0.2, -0.15) is 5.10 Å². The average molecular weight is 365 g/mol. The molecular weight excluding hydrogens is 344 g/mol. The summed E-state index contributed by atoms with van der Waals surface area (Å²) in [7, 11) is 1.79. The van der Waals surface area contributed by atoms with E-state index in [1.54, 1.807) is 11.9 Å². The van der Waals surface area contributed by atoms with E-state index in [1.807, 2.05) is 54.9 Å². The number of nitrogens with zero attached hydrogens (tertiary/aromatic N) is 3. The second-order valence-electron chi connectivity index (χ2n) is 5.66. The van der Waals surface area contributed by atoms with E-state index in [0.717, 1.165) is 21.6 Å². The van der Waals surface area contributed by atoms with Gasteiger partial charge in [0.15, 0.2) is 0 Å². The summed E-state index contributed by atoms with van der Waals surface area (Å²) in [6.45, 7) is 4.36. The molecule has 0 aliphatic heterocycles. The first-order valence-corrected chi connectivity index (χ1v) is 8.36. The van der Waals surface area contributed by atoms with Crippen molar-refractivity contribution in [2.24, 2.45) is 5.73 Å². The number of para-hydroxylation sites is 1. The van der Waals surface area contributed by atoms with E-state index in [4.69, 9.17) is 5.73 Å². The maximum absolute atomic E-state index is 12.6. The predicted molar refractivity (Wildman–Crippen MR) is 102 cm³/mol. The number of thiophene rings is 1. The van der Waals surface area contributed by atoms with Crippen LogP contribution >= 0.6 is 23.7 Å². The Morgan fingerprint density at radius 1 is 1.38 bits per heavy atom. The van der Waals surface area contributed by atoms with Gasteiger partial charge in [0.05, 0.1) is 16.3 Å². The van der Waals surface area contributed by atoms with Gasteiger partial charge < -0.3 is 10.6 Å². The van der Waals surface area contributed by atoms with Crippen molar-refractivity contribution >= 4 is 39.9 Å². The Bertz CT molecular complexity index is 843. The van der Waals surface area contributed by atoms with Crippen LogP contribution in [0.5, 0.6) is 0 Å². The zero-order chi connectivity index (χ0) is 16.6. The lowest BCUT2D eigenvalue weighted by Crippen LogP contribution is -2.39. The van der Waals surface area contributed by atoms with Crippen LogP contribution in [0.3, 0.4) is 0 Å². The smallest absolute Gasteiger partial charge is 0.264 e. The predicted octanol–water partition coefficient (Wildman–Crippen LogP) is 3.24. The molecule has 0 aliphatic rings. The number of carbonyl (C=O) groups excluding carboxylic acids is 1. The van der Waals surface area contributed by atoms with Gasteiger partial charge in [0.25, 0.3) is 5.91 Å². The van der Waals surface area contributed by atoms with E-state index >= 15 is 0 Å². The highest BCUT2D eigenvalue weighted by Gasteiger charge is 2.21. The molecule has 128 valence electrons. The summed E-state index contributed by atoms with van der Waals surface area (Å²) in [5.41, 5.74) is 7.58. The third-order valence-corrected chi connectivity index (χ3v) is 5.18. The first kappa shape index (κ1) is 18.4. The van der Waals surface area contributed by atoms with E-state index in [-0.39, 0.29) is 24.4 Å². The zero-order valence-electron chi connectivity index (χ0n) is 13.9. The fraction of sp³-hybridized carbons (Fsp3) is 0.294. The standard InChI is InChI=1S/C17H20N4OS.ClH/c1-11(10-18)20(3)16(22)15-9-14-12(2)19-21(17(14)23-15)13-7-5-4-6-8-13;/h4-9,11H,10,18H2,1-3H3;1H. The van der Waals surface area contributed by atoms with Crippen LogP contribution in [0.15, 0.2) is 36.4 Å². The molecule has 3 aromatic rings. The summed E-state index contributed by atoms with van der Waals surface area (Å²) in [4.78, 5) is 16.0. The van der Waals surface area contributed by atoms with Crippen LogP contribution in [0.4, 0.5) is 0 Å². The topological polar surface area (TPSA) is 64.2 Å². The molecule has 0 aliphatic carbocycles. The molecule has 1 amide bonds. The van der Waals surface area contributed by atoms with Crippen molar-refractivity contribution in [2.75, 3.05) is 13.6 Å². The summed E-state index contributed by atoms with van der Waals surface area (Å²) in [6.07, 6.45) is 0. The summed E-state index contributed by atoms with van der Waals surface area (Å²) >= 11 is 1.47. The molecule has 2 aromatic heterocycles. The van der Waals surface area contributed by atoms with Crippen LogP contribution in [0.2, 0.25) is 0 Å². The number of hydrogen-bond donors (Lipinski definition) is 1. The number of amides is 1. The molecule has 0 bridgehead atoms. The zero-order valence-corrected chi connectivity index (χ0v) is 15.5. The van der Waals surface area contributed by atoms with Crippen LogP contribution in [-0.2, 0) is 0 Å². The minimum atomic E-state index is 0. The second kappa shape index (κ2) is 7.34. The average Bonchev–Trinajstić information content (AvgIpc) is 3.14. The van der Waals surface area contributed by atoms with Crippen molar-refractivity contribution in [3.05, 3.63) is 47.0 Å². The van der Waals surface area contributed by atoms with Crippen molar-refractivity contribution in [1.82, 2.24) is 14.7 Å². The number of carbonyl (C=O) groups is 1. The molecule has 0 spiro atoms. The molecule has 5 nitrogen and oxygen atoms in total. The first-order valence-electron chi connectivity index (χ1n) is 7.54. The highest BCUT2D eigenvalue weighted by atomic mass is 35.5. The highest BCUT2D eigenvalue weighted by Crippen LogP contribution is 2.31. The molecule has 0 saturated carbocycles. The molecule has 1 unspecified atom stereocenters. The van der Waals surface area contributed by atoms with E-state index in [0.29, 0.717) is 11.4 Å². The van der Waals surface area contributed by atoms with Gasteiger partial charge >= 0.3 is 0 Å². The summed E-state index contributed by atoms with van der Waals surface area (Å²) < 4.78 is 1.90. The number of fused-ring (bicyclic) bond motifs is 1. The lowest BCUT2D eigenvalue weighted by molar-refractivity contribution is 0.0753. The SMILES string of the molecule is Cc1nn(-c2ccccc2)c2sc(C(=O)N(C)C(C)CN)cc12.Cl. The number of nitrogens with two attached hydrogens (primary N) is 1. The minimum absolute atomic E-state index is 0. The first-order chi connectivity index (χ1) is 11.0. The van der Waals surface area contributed by atoms with Crippen LogP contribution < -0.4 is 5.73 Å². The van der Waals surface area contributed by atoms with Crippen molar-refractivity contribution in [3.8, 4) is 5.69 Å². The molecular formula is C17H21ClN4OS. The Morgan fingerprint density at radius 3 is 2.67 bits per heavy atom. The van der Waals surface area contributed by atoms with Crippen molar-refractivity contribution in [1.29, 1.82) is 0 Å². The molecule has 0 fully saturated rings. The van der Waals surface area contributed by atoms with Gasteiger partial charge in [0.1, 0.15) is 4.83 Å². The molecule has 1 aromatic carbocycles. The third kappa shape index (κ3) is 3.17. The normalized spacial score (nSPS) is 12.0. The Hall–Kier alpha value is -1.89. The molecule has 24 heavy (non-hydrogen) atoms. The Kier molecular flexibility index (Phi) is 5.64. The van der Waals surface area contributed by atoms with Gasteiger partial charge in [-0.05, 0) is 32.0 Å². The monoisotopic (exact) mass is 364 g/mol. The van der Waals surface area contributed by atoms with Gasteiger partial charge in [0.2, 0.25) is 0 Å². The second-order valence-corrected chi connectivity index (χ2v) is 6.69. The molecule has 1 atom stereocenters. The number of aryl methyl sites for hydroxylation is 1. The quantitative estimate of drug-likeness (QED) is 0.772. The van der Waals surface area contributed by atoms with E-state index in [2.05, 4.69) is 5.10 Å². The molecule has 0 saturated heterocycles. The van der Waals surface area contributed by atoms with E-state index in [9.17, 15) is 4.79 Å². The largest absolute Gasteiger partial charge is 0.337 e. The Labute approximate surface area is 151 Å². The number of hydrogen-bond acceptors (Lipinski definition) is 4. The van der Waals surface area contributed by atoms with E-state index < -0.39 is 0 Å². The van der Waals surface area contributed by atoms with Gasteiger partial charge in [-0.25, -0.2) is 4.68 Å². The van der Waals surface area contributed by atoms with Crippen molar-refractivity contribution in [3.63, 3.8) is 0 Å². The van der Waals surface area contributed by atoms with Gasteiger partial charge in [-0.3, -0.25) is 4.79 Å². The molecule has 2 heterocycles. The lowest BCUT2D eigenvalue weighted by Gasteiger charge is -2.22. The van der Waals surface area contributed by atoms with Gasteiger partial charge in [0, 0.05) is 25.0 Å². The summed E-state index contributed by atoms with van der Waals surface area (Å²) in [5.74, 6) is 0.00293. The fourth-order valence-corrected chi connectivity index (χ4v) is 3.59. The maximum Gasteiger partial charge on any atom is 0.264 e. The number of halogens is 1. The third-order valence-electron chi connectivity index (χ3n) is 4.08. The Morgan fingerprint density at radius 2 is 2.04 bits per heavy atom. The van der Waals surface area contributed by atoms with Crippen molar-refractivity contribution in [2.45, 2.75) is 19.9 Å². The number of benzene rings is 1.